The molecule has 0 aliphatic carbocycles. The molecule has 0 radical (unpaired) electrons. The van der Waals surface area contributed by atoms with Gasteiger partial charge in [-0.1, -0.05) is 29.3 Å². The van der Waals surface area contributed by atoms with Gasteiger partial charge < -0.3 is 15.2 Å². The van der Waals surface area contributed by atoms with Crippen LogP contribution in [0.25, 0.3) is 0 Å². The SMILES string of the molecule is CN=C(NCCc1c(F)cccc1F)NCc1cc(Cl)c(Cl)n1C.I. The minimum absolute atomic E-state index is 0. The van der Waals surface area contributed by atoms with Gasteiger partial charge in [-0.25, -0.2) is 8.78 Å². The second kappa shape index (κ2) is 10.2. The van der Waals surface area contributed by atoms with Crippen molar-refractivity contribution >= 4 is 53.1 Å². The minimum Gasteiger partial charge on any atom is -0.356 e. The largest absolute Gasteiger partial charge is 0.356 e. The van der Waals surface area contributed by atoms with Gasteiger partial charge in [0.1, 0.15) is 16.8 Å². The predicted octanol–water partition coefficient (Wildman–Crippen LogP) is 4.14. The molecule has 1 aromatic heterocycles. The van der Waals surface area contributed by atoms with Crippen molar-refractivity contribution in [2.24, 2.45) is 12.0 Å². The van der Waals surface area contributed by atoms with Gasteiger partial charge in [0, 0.05) is 31.9 Å². The number of halogens is 5. The van der Waals surface area contributed by atoms with Crippen LogP contribution in [0.3, 0.4) is 0 Å². The first kappa shape index (κ1) is 22.0. The average Bonchev–Trinajstić information content (AvgIpc) is 2.80. The topological polar surface area (TPSA) is 41.4 Å². The van der Waals surface area contributed by atoms with Gasteiger partial charge in [-0.05, 0) is 24.6 Å². The zero-order valence-corrected chi connectivity index (χ0v) is 17.6. The molecular weight excluding hydrogens is 484 g/mol. The third-order valence-corrected chi connectivity index (χ3v) is 4.45. The molecule has 0 fully saturated rings. The van der Waals surface area contributed by atoms with Crippen molar-refractivity contribution in [3.05, 3.63) is 57.3 Å². The summed E-state index contributed by atoms with van der Waals surface area (Å²) in [5, 5.41) is 7.05. The highest BCUT2D eigenvalue weighted by atomic mass is 127. The molecule has 0 saturated carbocycles. The molecule has 25 heavy (non-hydrogen) atoms. The number of benzene rings is 1. The Kier molecular flexibility index (Phi) is 8.95. The normalized spacial score (nSPS) is 11.2. The molecule has 0 saturated heterocycles. The Morgan fingerprint density at radius 2 is 1.84 bits per heavy atom. The Labute approximate surface area is 172 Å². The number of hydrogen-bond acceptors (Lipinski definition) is 1. The summed E-state index contributed by atoms with van der Waals surface area (Å²) in [5.41, 5.74) is 0.939. The van der Waals surface area contributed by atoms with Crippen LogP contribution >= 0.6 is 47.2 Å². The van der Waals surface area contributed by atoms with E-state index >= 15 is 0 Å². The average molecular weight is 503 g/mol. The van der Waals surface area contributed by atoms with Crippen LogP contribution in [-0.4, -0.2) is 24.1 Å². The molecule has 0 spiro atoms. The van der Waals surface area contributed by atoms with E-state index in [-0.39, 0.29) is 36.0 Å². The van der Waals surface area contributed by atoms with E-state index in [1.807, 2.05) is 7.05 Å². The molecule has 1 aromatic carbocycles. The fraction of sp³-hybridized carbons (Fsp3) is 0.312. The fourth-order valence-electron chi connectivity index (χ4n) is 2.23. The highest BCUT2D eigenvalue weighted by molar-refractivity contribution is 14.0. The van der Waals surface area contributed by atoms with Gasteiger partial charge in [0.15, 0.2) is 5.96 Å². The molecule has 4 nitrogen and oxygen atoms in total. The van der Waals surface area contributed by atoms with Gasteiger partial charge in [-0.15, -0.1) is 24.0 Å². The van der Waals surface area contributed by atoms with Gasteiger partial charge in [-0.2, -0.15) is 0 Å². The van der Waals surface area contributed by atoms with Crippen LogP contribution < -0.4 is 10.6 Å². The van der Waals surface area contributed by atoms with Crippen LogP contribution in [-0.2, 0) is 20.0 Å². The van der Waals surface area contributed by atoms with Crippen LogP contribution in [0.2, 0.25) is 10.2 Å². The second-order valence-electron chi connectivity index (χ2n) is 5.14. The standard InChI is InChI=1S/C16H18Cl2F2N4.HI/c1-21-16(23-9-10-8-12(17)15(18)24(10)2)22-7-6-11-13(19)4-3-5-14(11)20;/h3-5,8H,6-7,9H2,1-2H3,(H2,21,22,23);1H. The number of nitrogens with zero attached hydrogens (tertiary/aromatic N) is 2. The van der Waals surface area contributed by atoms with E-state index in [9.17, 15) is 8.78 Å². The van der Waals surface area contributed by atoms with Crippen LogP contribution in [0.15, 0.2) is 29.3 Å². The third kappa shape index (κ3) is 5.72. The lowest BCUT2D eigenvalue weighted by Gasteiger charge is -2.13. The van der Waals surface area contributed by atoms with Crippen molar-refractivity contribution in [1.29, 1.82) is 0 Å². The van der Waals surface area contributed by atoms with Crippen LogP contribution in [0.4, 0.5) is 8.78 Å². The Hall–Kier alpha value is -1.06. The van der Waals surface area contributed by atoms with E-state index in [1.54, 1.807) is 17.7 Å². The van der Waals surface area contributed by atoms with Crippen molar-refractivity contribution < 1.29 is 8.78 Å². The molecule has 0 atom stereocenters. The number of guanidine groups is 1. The smallest absolute Gasteiger partial charge is 0.191 e. The second-order valence-corrected chi connectivity index (χ2v) is 5.90. The summed E-state index contributed by atoms with van der Waals surface area (Å²) >= 11 is 12.0. The highest BCUT2D eigenvalue weighted by Crippen LogP contribution is 2.24. The summed E-state index contributed by atoms with van der Waals surface area (Å²) in [6.45, 7) is 0.794. The van der Waals surface area contributed by atoms with E-state index in [2.05, 4.69) is 15.6 Å². The first-order chi connectivity index (χ1) is 11.4. The van der Waals surface area contributed by atoms with Crippen molar-refractivity contribution in [2.45, 2.75) is 13.0 Å². The molecule has 0 bridgehead atoms. The Bertz CT molecular complexity index is 730. The summed E-state index contributed by atoms with van der Waals surface area (Å²) in [6.07, 6.45) is 0.209. The van der Waals surface area contributed by atoms with Gasteiger partial charge in [-0.3, -0.25) is 4.99 Å². The number of aromatic nitrogens is 1. The lowest BCUT2D eigenvalue weighted by molar-refractivity contribution is 0.553. The maximum absolute atomic E-state index is 13.6. The molecule has 9 heteroatoms. The van der Waals surface area contributed by atoms with Crippen molar-refractivity contribution in [3.8, 4) is 0 Å². The summed E-state index contributed by atoms with van der Waals surface area (Å²) in [7, 11) is 3.42. The Morgan fingerprint density at radius 3 is 2.36 bits per heavy atom. The Balaban J connectivity index is 0.00000312. The van der Waals surface area contributed by atoms with Crippen molar-refractivity contribution in [3.63, 3.8) is 0 Å². The van der Waals surface area contributed by atoms with Gasteiger partial charge in [0.25, 0.3) is 0 Å². The first-order valence-electron chi connectivity index (χ1n) is 7.31. The first-order valence-corrected chi connectivity index (χ1v) is 8.06. The summed E-state index contributed by atoms with van der Waals surface area (Å²) in [4.78, 5) is 4.07. The molecule has 138 valence electrons. The van der Waals surface area contributed by atoms with Crippen molar-refractivity contribution in [1.82, 2.24) is 15.2 Å². The van der Waals surface area contributed by atoms with E-state index in [1.165, 1.54) is 18.2 Å². The number of aliphatic imine (C=N–C) groups is 1. The Morgan fingerprint density at radius 1 is 1.20 bits per heavy atom. The zero-order chi connectivity index (χ0) is 17.7. The number of rotatable bonds is 5. The van der Waals surface area contributed by atoms with Crippen LogP contribution in [0.5, 0.6) is 0 Å². The molecule has 0 aliphatic rings. The summed E-state index contributed by atoms with van der Waals surface area (Å²) < 4.78 is 28.9. The third-order valence-electron chi connectivity index (χ3n) is 3.61. The molecule has 0 unspecified atom stereocenters. The van der Waals surface area contributed by atoms with Crippen molar-refractivity contribution in [2.75, 3.05) is 13.6 Å². The summed E-state index contributed by atoms with van der Waals surface area (Å²) in [6, 6.07) is 5.60. The molecule has 2 N–H and O–H groups in total. The lowest BCUT2D eigenvalue weighted by atomic mass is 10.1. The van der Waals surface area contributed by atoms with E-state index in [0.29, 0.717) is 29.2 Å². The zero-order valence-electron chi connectivity index (χ0n) is 13.7. The predicted molar refractivity (Wildman–Crippen MR) is 109 cm³/mol. The molecule has 2 aromatic rings. The van der Waals surface area contributed by atoms with Crippen LogP contribution in [0.1, 0.15) is 11.3 Å². The molecule has 0 aliphatic heterocycles. The van der Waals surface area contributed by atoms with Crippen LogP contribution in [0, 0.1) is 11.6 Å². The maximum atomic E-state index is 13.6. The fourth-order valence-corrected chi connectivity index (χ4v) is 2.65. The maximum Gasteiger partial charge on any atom is 0.191 e. The van der Waals surface area contributed by atoms with Gasteiger partial charge >= 0.3 is 0 Å². The summed E-state index contributed by atoms with van der Waals surface area (Å²) in [5.74, 6) is -0.583. The van der Waals surface area contributed by atoms with E-state index < -0.39 is 11.6 Å². The number of nitrogens with one attached hydrogen (secondary N) is 2. The molecular formula is C16H19Cl2F2IN4. The number of hydrogen-bond donors (Lipinski definition) is 2. The van der Waals surface area contributed by atoms with Gasteiger partial charge in [0.2, 0.25) is 0 Å². The molecule has 1 heterocycles. The highest BCUT2D eigenvalue weighted by Gasteiger charge is 2.10. The van der Waals surface area contributed by atoms with E-state index in [0.717, 1.165) is 5.69 Å². The quantitative estimate of drug-likeness (QED) is 0.366. The lowest BCUT2D eigenvalue weighted by Crippen LogP contribution is -2.38. The van der Waals surface area contributed by atoms with E-state index in [4.69, 9.17) is 23.2 Å². The monoisotopic (exact) mass is 502 g/mol. The molecule has 0 amide bonds. The molecule has 2 rings (SSSR count). The van der Waals surface area contributed by atoms with Gasteiger partial charge in [0.05, 0.1) is 11.6 Å². The minimum atomic E-state index is -0.548.